The minimum atomic E-state index is -4.95. The lowest BCUT2D eigenvalue weighted by molar-refractivity contribution is -0.161. The number of aliphatic hydroxyl groups is 1. The minimum Gasteiger partial charge on any atom is -0.462 e. The van der Waals surface area contributed by atoms with E-state index in [4.69, 9.17) is 37.0 Å². The predicted molar refractivity (Wildman–Crippen MR) is 359 cm³/mol. The summed E-state index contributed by atoms with van der Waals surface area (Å²) in [4.78, 5) is 72.5. The average molecular weight is 1310 g/mol. The highest BCUT2D eigenvalue weighted by atomic mass is 31.2. The first-order chi connectivity index (χ1) is 43.2. The lowest BCUT2D eigenvalue weighted by Crippen LogP contribution is -2.30. The van der Waals surface area contributed by atoms with Crippen LogP contribution in [0.5, 0.6) is 0 Å². The number of phosphoric ester groups is 2. The second kappa shape index (κ2) is 64.8. The maximum absolute atomic E-state index is 13.0. The Hall–Kier alpha value is -1.94. The SMILES string of the molecule is CCCCCCCCCCCCCCCCCCC(=O)O[C@H](COC(=O)CCCCCCCCCCCCCC)COP(=O)(O)OC[C@@H](O)COP(=O)(O)OC[C@@H](COC(=O)CCCCCCCCCCCC)OC(=O)CCCCCCCCCCCCC. The van der Waals surface area contributed by atoms with Crippen LogP contribution in [0.3, 0.4) is 0 Å². The fourth-order valence-corrected chi connectivity index (χ4v) is 12.3. The first kappa shape index (κ1) is 87.1. The Kier molecular flexibility index (Phi) is 63.3. The molecule has 0 aromatic rings. The van der Waals surface area contributed by atoms with E-state index in [-0.39, 0.29) is 25.7 Å². The molecule has 0 aliphatic carbocycles. The van der Waals surface area contributed by atoms with Crippen molar-refractivity contribution < 1.29 is 80.2 Å². The van der Waals surface area contributed by atoms with Crippen molar-refractivity contribution >= 4 is 39.5 Å². The number of phosphoric acid groups is 2. The van der Waals surface area contributed by atoms with Gasteiger partial charge >= 0.3 is 39.5 Å². The molecular weight excluding hydrogens is 1170 g/mol. The van der Waals surface area contributed by atoms with Crippen LogP contribution in [0, 0.1) is 0 Å². The third kappa shape index (κ3) is 64.6. The van der Waals surface area contributed by atoms with Crippen LogP contribution in [-0.4, -0.2) is 96.7 Å². The predicted octanol–water partition coefficient (Wildman–Crippen LogP) is 20.3. The molecule has 0 aromatic carbocycles. The third-order valence-electron chi connectivity index (χ3n) is 16.4. The Morgan fingerprint density at radius 3 is 0.663 bits per heavy atom. The molecule has 0 radical (unpaired) electrons. The van der Waals surface area contributed by atoms with Gasteiger partial charge in [-0.2, -0.15) is 0 Å². The molecule has 528 valence electrons. The van der Waals surface area contributed by atoms with Crippen LogP contribution in [0.2, 0.25) is 0 Å². The fraction of sp³-hybridized carbons (Fsp3) is 0.943. The van der Waals surface area contributed by atoms with Gasteiger partial charge in [-0.05, 0) is 25.7 Å². The highest BCUT2D eigenvalue weighted by molar-refractivity contribution is 7.47. The van der Waals surface area contributed by atoms with Crippen molar-refractivity contribution in [3.05, 3.63) is 0 Å². The molecule has 5 atom stereocenters. The van der Waals surface area contributed by atoms with Gasteiger partial charge in [0.15, 0.2) is 12.2 Å². The summed E-state index contributed by atoms with van der Waals surface area (Å²) in [6.45, 7) is 4.94. The highest BCUT2D eigenvalue weighted by Gasteiger charge is 2.30. The van der Waals surface area contributed by atoms with Crippen LogP contribution >= 0.6 is 15.6 Å². The van der Waals surface area contributed by atoms with Crippen LogP contribution in [0.15, 0.2) is 0 Å². The molecular formula is C70H136O17P2. The van der Waals surface area contributed by atoms with Crippen LogP contribution < -0.4 is 0 Å². The summed E-state index contributed by atoms with van der Waals surface area (Å²) >= 11 is 0. The molecule has 17 nitrogen and oxygen atoms in total. The van der Waals surface area contributed by atoms with Crippen molar-refractivity contribution in [2.75, 3.05) is 39.6 Å². The minimum absolute atomic E-state index is 0.108. The van der Waals surface area contributed by atoms with E-state index in [9.17, 15) is 43.2 Å². The zero-order chi connectivity index (χ0) is 65.4. The summed E-state index contributed by atoms with van der Waals surface area (Å²) < 4.78 is 68.3. The van der Waals surface area contributed by atoms with Crippen molar-refractivity contribution in [3.8, 4) is 0 Å². The second-order valence-electron chi connectivity index (χ2n) is 25.3. The van der Waals surface area contributed by atoms with E-state index in [0.717, 1.165) is 89.9 Å². The molecule has 0 amide bonds. The van der Waals surface area contributed by atoms with Crippen LogP contribution in [0.1, 0.15) is 368 Å². The lowest BCUT2D eigenvalue weighted by Gasteiger charge is -2.21. The van der Waals surface area contributed by atoms with Gasteiger partial charge in [-0.25, -0.2) is 9.13 Å². The number of carbonyl (C=O) groups is 4. The van der Waals surface area contributed by atoms with Crippen molar-refractivity contribution in [2.45, 2.75) is 386 Å². The van der Waals surface area contributed by atoms with Gasteiger partial charge in [0.25, 0.3) is 0 Å². The number of unbranched alkanes of at least 4 members (excludes halogenated alkanes) is 45. The molecule has 0 aliphatic rings. The molecule has 0 fully saturated rings. The van der Waals surface area contributed by atoms with Gasteiger partial charge in [0.2, 0.25) is 0 Å². The first-order valence-corrected chi connectivity index (χ1v) is 39.8. The topological polar surface area (TPSA) is 237 Å². The molecule has 0 saturated carbocycles. The summed E-state index contributed by atoms with van der Waals surface area (Å²) in [6.07, 6.45) is 52.5. The van der Waals surface area contributed by atoms with Gasteiger partial charge in [0, 0.05) is 25.7 Å². The van der Waals surface area contributed by atoms with Crippen molar-refractivity contribution in [1.82, 2.24) is 0 Å². The van der Waals surface area contributed by atoms with E-state index in [0.29, 0.717) is 25.7 Å². The van der Waals surface area contributed by atoms with Crippen molar-refractivity contribution in [1.29, 1.82) is 0 Å². The van der Waals surface area contributed by atoms with E-state index < -0.39 is 97.5 Å². The van der Waals surface area contributed by atoms with E-state index in [1.165, 1.54) is 199 Å². The van der Waals surface area contributed by atoms with E-state index in [1.54, 1.807) is 0 Å². The maximum Gasteiger partial charge on any atom is 0.472 e. The third-order valence-corrected chi connectivity index (χ3v) is 18.3. The molecule has 3 N–H and O–H groups in total. The Morgan fingerprint density at radius 2 is 0.449 bits per heavy atom. The Bertz CT molecular complexity index is 1710. The molecule has 0 aliphatic heterocycles. The molecule has 0 spiro atoms. The fourth-order valence-electron chi connectivity index (χ4n) is 10.7. The summed E-state index contributed by atoms with van der Waals surface area (Å²) in [5, 5.41) is 10.6. The summed E-state index contributed by atoms with van der Waals surface area (Å²) in [6, 6.07) is 0. The normalized spacial score (nSPS) is 14.0. The average Bonchev–Trinajstić information content (AvgIpc) is 3.61. The lowest BCUT2D eigenvalue weighted by atomic mass is 10.0. The summed E-state index contributed by atoms with van der Waals surface area (Å²) in [5.41, 5.74) is 0. The van der Waals surface area contributed by atoms with Crippen LogP contribution in [-0.2, 0) is 65.4 Å². The molecule has 0 rings (SSSR count). The molecule has 0 saturated heterocycles. The number of hydrogen-bond donors (Lipinski definition) is 3. The van der Waals surface area contributed by atoms with Gasteiger partial charge in [0.05, 0.1) is 26.4 Å². The number of aliphatic hydroxyl groups excluding tert-OH is 1. The van der Waals surface area contributed by atoms with Gasteiger partial charge in [-0.3, -0.25) is 37.3 Å². The monoisotopic (exact) mass is 1310 g/mol. The molecule has 0 heterocycles. The summed E-state index contributed by atoms with van der Waals surface area (Å²) in [7, 11) is -9.89. The number of carbonyl (C=O) groups excluding carboxylic acids is 4. The molecule has 0 aromatic heterocycles. The second-order valence-corrected chi connectivity index (χ2v) is 28.2. The molecule has 0 bridgehead atoms. The van der Waals surface area contributed by atoms with Crippen molar-refractivity contribution in [2.24, 2.45) is 0 Å². The zero-order valence-corrected chi connectivity index (χ0v) is 59.2. The smallest absolute Gasteiger partial charge is 0.462 e. The molecule has 89 heavy (non-hydrogen) atoms. The van der Waals surface area contributed by atoms with Crippen LogP contribution in [0.25, 0.3) is 0 Å². The Labute approximate surface area is 543 Å². The summed E-state index contributed by atoms with van der Waals surface area (Å²) in [5.74, 6) is -2.12. The number of rotatable bonds is 71. The Morgan fingerprint density at radius 1 is 0.270 bits per heavy atom. The molecule has 19 heteroatoms. The molecule has 2 unspecified atom stereocenters. The number of hydrogen-bond acceptors (Lipinski definition) is 15. The number of esters is 4. The van der Waals surface area contributed by atoms with E-state index in [1.807, 2.05) is 0 Å². The van der Waals surface area contributed by atoms with Gasteiger partial charge < -0.3 is 33.8 Å². The quantitative estimate of drug-likeness (QED) is 0.0222. The number of ether oxygens (including phenoxy) is 4. The Balaban J connectivity index is 5.23. The zero-order valence-electron chi connectivity index (χ0n) is 57.4. The highest BCUT2D eigenvalue weighted by Crippen LogP contribution is 2.45. The first-order valence-electron chi connectivity index (χ1n) is 36.8. The van der Waals surface area contributed by atoms with Gasteiger partial charge in [0.1, 0.15) is 19.3 Å². The standard InChI is InChI=1S/C70H136O17P2/c1-5-9-13-17-21-25-29-31-32-33-34-37-41-45-49-53-57-70(75)87-66(61-81-68(73)55-51-47-43-39-36-30-26-22-18-14-10-6-2)63-85-89(78,79)83-59-64(71)58-82-88(76,77)84-62-65(60-80-67(72)54-50-46-42-38-28-24-20-16-12-8-4)86-69(74)56-52-48-44-40-35-27-23-19-15-11-7-3/h64-66,71H,5-63H2,1-4H3,(H,76,77)(H,78,79)/t64-,65+,66+/m0/s1. The maximum atomic E-state index is 13.0. The van der Waals surface area contributed by atoms with E-state index >= 15 is 0 Å². The van der Waals surface area contributed by atoms with Crippen LogP contribution in [0.4, 0.5) is 0 Å². The van der Waals surface area contributed by atoms with Crippen molar-refractivity contribution in [3.63, 3.8) is 0 Å². The van der Waals surface area contributed by atoms with Gasteiger partial charge in [-0.1, -0.05) is 317 Å². The van der Waals surface area contributed by atoms with E-state index in [2.05, 4.69) is 27.7 Å². The largest absolute Gasteiger partial charge is 0.472 e. The van der Waals surface area contributed by atoms with Gasteiger partial charge in [-0.15, -0.1) is 0 Å².